The van der Waals surface area contributed by atoms with Crippen LogP contribution in [0.2, 0.25) is 0 Å². The van der Waals surface area contributed by atoms with Crippen molar-refractivity contribution in [3.05, 3.63) is 51.0 Å². The summed E-state index contributed by atoms with van der Waals surface area (Å²) in [6.45, 7) is 10.2. The number of benzene rings is 1. The highest BCUT2D eigenvalue weighted by Gasteiger charge is 2.08. The Morgan fingerprint density at radius 3 is 2.67 bits per heavy atom. The van der Waals surface area contributed by atoms with Crippen LogP contribution in [0.1, 0.15) is 39.5 Å². The summed E-state index contributed by atoms with van der Waals surface area (Å²) in [5.74, 6) is 1.29. The van der Waals surface area contributed by atoms with Gasteiger partial charge in [0.25, 0.3) is 0 Å². The smallest absolute Gasteiger partial charge is 0.191 e. The van der Waals surface area contributed by atoms with E-state index in [2.05, 4.69) is 72.6 Å². The zero-order valence-electron chi connectivity index (χ0n) is 15.3. The van der Waals surface area contributed by atoms with Crippen molar-refractivity contribution < 1.29 is 0 Å². The lowest BCUT2D eigenvalue weighted by atomic mass is 9.99. The fourth-order valence-corrected chi connectivity index (χ4v) is 3.60. The van der Waals surface area contributed by atoms with Gasteiger partial charge in [0, 0.05) is 31.4 Å². The Morgan fingerprint density at radius 2 is 2.04 bits per heavy atom. The van der Waals surface area contributed by atoms with Gasteiger partial charge in [-0.05, 0) is 32.3 Å². The predicted molar refractivity (Wildman–Crippen MR) is 104 cm³/mol. The maximum Gasteiger partial charge on any atom is 0.191 e. The largest absolute Gasteiger partial charge is 0.356 e. The van der Waals surface area contributed by atoms with Crippen LogP contribution in [0, 0.1) is 20.8 Å². The highest BCUT2D eigenvalue weighted by molar-refractivity contribution is 7.11. The fraction of sp³-hybridized carbons (Fsp3) is 0.474. The van der Waals surface area contributed by atoms with Gasteiger partial charge < -0.3 is 10.6 Å². The SMILES string of the molecule is CN=C(NCCc1sc(C)nc1C)NCC(C)c1cccc(C)c1. The Balaban J connectivity index is 1.79. The molecule has 5 heteroatoms. The Kier molecular flexibility index (Phi) is 6.79. The van der Waals surface area contributed by atoms with E-state index in [-0.39, 0.29) is 0 Å². The van der Waals surface area contributed by atoms with E-state index in [1.807, 2.05) is 7.05 Å². The van der Waals surface area contributed by atoms with Gasteiger partial charge >= 0.3 is 0 Å². The summed E-state index contributed by atoms with van der Waals surface area (Å²) in [6, 6.07) is 8.68. The summed E-state index contributed by atoms with van der Waals surface area (Å²) >= 11 is 1.78. The third-order valence-corrected chi connectivity index (χ3v) is 5.19. The van der Waals surface area contributed by atoms with Crippen molar-refractivity contribution in [3.8, 4) is 0 Å². The predicted octanol–water partition coefficient (Wildman–Crippen LogP) is 3.58. The van der Waals surface area contributed by atoms with Crippen LogP contribution in [0.15, 0.2) is 29.3 Å². The third kappa shape index (κ3) is 5.34. The molecule has 2 rings (SSSR count). The molecule has 1 atom stereocenters. The van der Waals surface area contributed by atoms with Crippen LogP contribution in [0.25, 0.3) is 0 Å². The van der Waals surface area contributed by atoms with Crippen molar-refractivity contribution in [2.45, 2.75) is 40.0 Å². The van der Waals surface area contributed by atoms with E-state index in [1.165, 1.54) is 16.0 Å². The van der Waals surface area contributed by atoms with Crippen LogP contribution in [-0.2, 0) is 6.42 Å². The third-order valence-electron chi connectivity index (χ3n) is 4.05. The summed E-state index contributed by atoms with van der Waals surface area (Å²) in [6.07, 6.45) is 0.978. The molecule has 1 aromatic carbocycles. The number of aromatic nitrogens is 1. The molecular weight excluding hydrogens is 316 g/mol. The van der Waals surface area contributed by atoms with Gasteiger partial charge in [0.2, 0.25) is 0 Å². The highest BCUT2D eigenvalue weighted by Crippen LogP contribution is 2.17. The number of aryl methyl sites for hydroxylation is 3. The van der Waals surface area contributed by atoms with E-state index >= 15 is 0 Å². The van der Waals surface area contributed by atoms with E-state index in [4.69, 9.17) is 0 Å². The number of nitrogens with one attached hydrogen (secondary N) is 2. The van der Waals surface area contributed by atoms with Gasteiger partial charge in [-0.2, -0.15) is 0 Å². The number of hydrogen-bond donors (Lipinski definition) is 2. The Labute approximate surface area is 149 Å². The maximum atomic E-state index is 4.47. The van der Waals surface area contributed by atoms with Gasteiger partial charge in [0.05, 0.1) is 10.7 Å². The van der Waals surface area contributed by atoms with Gasteiger partial charge in [-0.15, -0.1) is 11.3 Å². The van der Waals surface area contributed by atoms with Crippen LogP contribution in [0.5, 0.6) is 0 Å². The van der Waals surface area contributed by atoms with Crippen molar-refractivity contribution in [2.75, 3.05) is 20.1 Å². The molecular formula is C19H28N4S. The first-order chi connectivity index (χ1) is 11.5. The van der Waals surface area contributed by atoms with E-state index in [1.54, 1.807) is 11.3 Å². The Bertz CT molecular complexity index is 690. The first-order valence-electron chi connectivity index (χ1n) is 8.43. The molecule has 0 aliphatic heterocycles. The molecule has 2 aromatic rings. The summed E-state index contributed by atoms with van der Waals surface area (Å²) in [4.78, 5) is 10.1. The van der Waals surface area contributed by atoms with Gasteiger partial charge in [0.1, 0.15) is 0 Å². The Morgan fingerprint density at radius 1 is 1.25 bits per heavy atom. The zero-order valence-corrected chi connectivity index (χ0v) is 16.1. The number of hydrogen-bond acceptors (Lipinski definition) is 3. The minimum absolute atomic E-state index is 0.440. The molecule has 0 saturated heterocycles. The van der Waals surface area contributed by atoms with Crippen molar-refractivity contribution in [1.82, 2.24) is 15.6 Å². The summed E-state index contributed by atoms with van der Waals surface area (Å²) in [7, 11) is 1.81. The van der Waals surface area contributed by atoms with Gasteiger partial charge in [0.15, 0.2) is 5.96 Å². The molecule has 0 radical (unpaired) electrons. The van der Waals surface area contributed by atoms with Gasteiger partial charge in [-0.3, -0.25) is 4.99 Å². The molecule has 2 N–H and O–H groups in total. The Hall–Kier alpha value is -1.88. The minimum atomic E-state index is 0.440. The van der Waals surface area contributed by atoms with Crippen molar-refractivity contribution >= 4 is 17.3 Å². The summed E-state index contributed by atoms with van der Waals surface area (Å²) in [5, 5.41) is 7.95. The zero-order chi connectivity index (χ0) is 17.5. The molecule has 130 valence electrons. The number of aliphatic imine (C=N–C) groups is 1. The standard InChI is InChI=1S/C19H28N4S/c1-13-7-6-8-17(11-13)14(2)12-22-19(20-5)21-10-9-18-15(3)23-16(4)24-18/h6-8,11,14H,9-10,12H2,1-5H3,(H2,20,21,22). The molecule has 1 unspecified atom stereocenters. The molecule has 24 heavy (non-hydrogen) atoms. The van der Waals surface area contributed by atoms with E-state index in [9.17, 15) is 0 Å². The van der Waals surface area contributed by atoms with E-state index < -0.39 is 0 Å². The van der Waals surface area contributed by atoms with E-state index in [0.717, 1.165) is 36.2 Å². The molecule has 0 aliphatic carbocycles. The van der Waals surface area contributed by atoms with Crippen LogP contribution >= 0.6 is 11.3 Å². The van der Waals surface area contributed by atoms with Gasteiger partial charge in [-0.1, -0.05) is 36.8 Å². The minimum Gasteiger partial charge on any atom is -0.356 e. The number of nitrogens with zero attached hydrogens (tertiary/aromatic N) is 2. The molecule has 0 fully saturated rings. The molecule has 4 nitrogen and oxygen atoms in total. The molecule has 1 heterocycles. The highest BCUT2D eigenvalue weighted by atomic mass is 32.1. The van der Waals surface area contributed by atoms with Crippen LogP contribution in [0.3, 0.4) is 0 Å². The fourth-order valence-electron chi connectivity index (χ4n) is 2.66. The van der Waals surface area contributed by atoms with Crippen LogP contribution in [-0.4, -0.2) is 31.1 Å². The first kappa shape index (κ1) is 18.5. The lowest BCUT2D eigenvalue weighted by Crippen LogP contribution is -2.39. The monoisotopic (exact) mass is 344 g/mol. The average molecular weight is 345 g/mol. The molecule has 1 aromatic heterocycles. The molecule has 0 bridgehead atoms. The molecule has 0 spiro atoms. The summed E-state index contributed by atoms with van der Waals surface area (Å²) < 4.78 is 0. The molecule has 0 saturated carbocycles. The van der Waals surface area contributed by atoms with Crippen molar-refractivity contribution in [2.24, 2.45) is 4.99 Å². The van der Waals surface area contributed by atoms with E-state index in [0.29, 0.717) is 5.92 Å². The number of guanidine groups is 1. The average Bonchev–Trinajstić information content (AvgIpc) is 2.88. The lowest BCUT2D eigenvalue weighted by molar-refractivity contribution is 0.697. The van der Waals surface area contributed by atoms with Crippen molar-refractivity contribution in [3.63, 3.8) is 0 Å². The lowest BCUT2D eigenvalue weighted by Gasteiger charge is -2.16. The van der Waals surface area contributed by atoms with Crippen LogP contribution in [0.4, 0.5) is 0 Å². The summed E-state index contributed by atoms with van der Waals surface area (Å²) in [5.41, 5.74) is 3.81. The topological polar surface area (TPSA) is 49.3 Å². The number of thiazole rings is 1. The second-order valence-electron chi connectivity index (χ2n) is 6.19. The second-order valence-corrected chi connectivity index (χ2v) is 7.47. The normalized spacial score (nSPS) is 13.0. The molecule has 0 aliphatic rings. The van der Waals surface area contributed by atoms with Gasteiger partial charge in [-0.25, -0.2) is 4.98 Å². The molecule has 0 amide bonds. The van der Waals surface area contributed by atoms with Crippen molar-refractivity contribution in [1.29, 1.82) is 0 Å². The quantitative estimate of drug-likeness (QED) is 0.622. The first-order valence-corrected chi connectivity index (χ1v) is 9.25. The number of rotatable bonds is 6. The maximum absolute atomic E-state index is 4.47. The second kappa shape index (κ2) is 8.83. The van der Waals surface area contributed by atoms with Crippen LogP contribution < -0.4 is 10.6 Å².